The largest absolute Gasteiger partial charge is 0.462 e. The maximum atomic E-state index is 11.4. The lowest BCUT2D eigenvalue weighted by atomic mass is 10.1. The van der Waals surface area contributed by atoms with Crippen molar-refractivity contribution in [1.29, 1.82) is 0 Å². The van der Waals surface area contributed by atoms with Crippen molar-refractivity contribution in [2.24, 2.45) is 0 Å². The number of nitrogens with zero attached hydrogens (tertiary/aromatic N) is 2. The first-order valence-electron chi connectivity index (χ1n) is 4.68. The third kappa shape index (κ3) is 2.54. The molecule has 0 unspecified atom stereocenters. The SMILES string of the molecule is CCOC(=O)c1ccc([N+](=O)[O-])c(Cl)c1[N+](=O)[O-]. The summed E-state index contributed by atoms with van der Waals surface area (Å²) in [7, 11) is 0. The molecule has 1 rings (SSSR count). The number of halogens is 1. The second-order valence-electron chi connectivity index (χ2n) is 3.03. The Morgan fingerprint density at radius 3 is 2.39 bits per heavy atom. The van der Waals surface area contributed by atoms with Crippen LogP contribution >= 0.6 is 11.6 Å². The fourth-order valence-electron chi connectivity index (χ4n) is 1.25. The Hall–Kier alpha value is -2.22. The summed E-state index contributed by atoms with van der Waals surface area (Å²) in [5.41, 5.74) is -1.89. The molecule has 96 valence electrons. The normalized spacial score (nSPS) is 9.89. The second-order valence-corrected chi connectivity index (χ2v) is 3.41. The highest BCUT2D eigenvalue weighted by Crippen LogP contribution is 2.36. The van der Waals surface area contributed by atoms with Crippen molar-refractivity contribution in [2.45, 2.75) is 6.92 Å². The van der Waals surface area contributed by atoms with Crippen molar-refractivity contribution in [3.63, 3.8) is 0 Å². The Morgan fingerprint density at radius 2 is 1.94 bits per heavy atom. The van der Waals surface area contributed by atoms with Gasteiger partial charge in [0, 0.05) is 6.07 Å². The van der Waals surface area contributed by atoms with E-state index in [-0.39, 0.29) is 6.61 Å². The molecule has 0 radical (unpaired) electrons. The van der Waals surface area contributed by atoms with Gasteiger partial charge in [0.2, 0.25) is 0 Å². The van der Waals surface area contributed by atoms with Crippen molar-refractivity contribution < 1.29 is 19.4 Å². The van der Waals surface area contributed by atoms with Crippen LogP contribution in [-0.2, 0) is 4.74 Å². The monoisotopic (exact) mass is 274 g/mol. The highest BCUT2D eigenvalue weighted by atomic mass is 35.5. The molecule has 18 heavy (non-hydrogen) atoms. The van der Waals surface area contributed by atoms with E-state index in [2.05, 4.69) is 4.74 Å². The van der Waals surface area contributed by atoms with Crippen molar-refractivity contribution >= 4 is 28.9 Å². The third-order valence-electron chi connectivity index (χ3n) is 1.97. The van der Waals surface area contributed by atoms with Crippen LogP contribution in [0.3, 0.4) is 0 Å². The van der Waals surface area contributed by atoms with Gasteiger partial charge in [-0.1, -0.05) is 11.6 Å². The predicted molar refractivity (Wildman–Crippen MR) is 60.7 cm³/mol. The standard InChI is InChI=1S/C9H7ClN2O6/c1-2-18-9(13)5-3-4-6(11(14)15)7(10)8(5)12(16)17/h3-4H,2H2,1H3. The van der Waals surface area contributed by atoms with Gasteiger partial charge in [-0.25, -0.2) is 4.79 Å². The molecule has 0 aliphatic heterocycles. The van der Waals surface area contributed by atoms with Crippen LogP contribution in [0.15, 0.2) is 12.1 Å². The number of nitro benzene ring substituents is 2. The highest BCUT2D eigenvalue weighted by Gasteiger charge is 2.31. The number of esters is 1. The van der Waals surface area contributed by atoms with Gasteiger partial charge >= 0.3 is 11.7 Å². The average molecular weight is 275 g/mol. The molecule has 9 heteroatoms. The number of rotatable bonds is 4. The van der Waals surface area contributed by atoms with Crippen LogP contribution in [-0.4, -0.2) is 22.4 Å². The van der Waals surface area contributed by atoms with Crippen LogP contribution < -0.4 is 0 Å². The Bertz CT molecular complexity index is 530. The molecule has 0 aliphatic carbocycles. The Balaban J connectivity index is 3.46. The van der Waals surface area contributed by atoms with E-state index in [0.717, 1.165) is 12.1 Å². The lowest BCUT2D eigenvalue weighted by Crippen LogP contribution is -2.09. The summed E-state index contributed by atoms with van der Waals surface area (Å²) in [4.78, 5) is 31.0. The minimum absolute atomic E-state index is 0.0184. The minimum atomic E-state index is -0.957. The molecule has 0 N–H and O–H groups in total. The molecule has 1 aromatic carbocycles. The minimum Gasteiger partial charge on any atom is -0.462 e. The second kappa shape index (κ2) is 5.41. The zero-order chi connectivity index (χ0) is 13.9. The maximum absolute atomic E-state index is 11.4. The number of carbonyl (C=O) groups excluding carboxylic acids is 1. The Labute approximate surface area is 105 Å². The summed E-state index contributed by atoms with van der Waals surface area (Å²) >= 11 is 5.56. The molecule has 8 nitrogen and oxygen atoms in total. The van der Waals surface area contributed by atoms with Gasteiger partial charge in [-0.15, -0.1) is 0 Å². The summed E-state index contributed by atoms with van der Waals surface area (Å²) in [6, 6.07) is 1.86. The fraction of sp³-hybridized carbons (Fsp3) is 0.222. The third-order valence-corrected chi connectivity index (χ3v) is 2.34. The van der Waals surface area contributed by atoms with Gasteiger partial charge in [0.1, 0.15) is 5.56 Å². The van der Waals surface area contributed by atoms with Crippen LogP contribution in [0.1, 0.15) is 17.3 Å². The summed E-state index contributed by atoms with van der Waals surface area (Å²) in [6.45, 7) is 1.54. The van der Waals surface area contributed by atoms with Crippen molar-refractivity contribution in [3.05, 3.63) is 42.9 Å². The molecule has 0 saturated heterocycles. The molecule has 0 fully saturated rings. The van der Waals surface area contributed by atoms with Gasteiger partial charge in [-0.3, -0.25) is 20.2 Å². The lowest BCUT2D eigenvalue weighted by molar-refractivity contribution is -0.394. The molecule has 0 amide bonds. The van der Waals surface area contributed by atoms with Gasteiger partial charge in [-0.05, 0) is 13.0 Å². The molecular formula is C9H7ClN2O6. The Morgan fingerprint density at radius 1 is 1.33 bits per heavy atom. The lowest BCUT2D eigenvalue weighted by Gasteiger charge is -2.04. The molecule has 0 saturated carbocycles. The van der Waals surface area contributed by atoms with E-state index in [1.54, 1.807) is 0 Å². The van der Waals surface area contributed by atoms with Crippen molar-refractivity contribution in [3.8, 4) is 0 Å². The van der Waals surface area contributed by atoms with E-state index >= 15 is 0 Å². The van der Waals surface area contributed by atoms with Gasteiger partial charge in [0.05, 0.1) is 16.5 Å². The first kappa shape index (κ1) is 13.8. The zero-order valence-corrected chi connectivity index (χ0v) is 9.84. The number of nitro groups is 2. The maximum Gasteiger partial charge on any atom is 0.345 e. The summed E-state index contributed by atoms with van der Waals surface area (Å²) in [5.74, 6) is -0.957. The van der Waals surface area contributed by atoms with Crippen LogP contribution in [0, 0.1) is 20.2 Å². The topological polar surface area (TPSA) is 113 Å². The molecule has 0 heterocycles. The summed E-state index contributed by atoms with van der Waals surface area (Å²) in [5, 5.41) is 20.7. The number of benzene rings is 1. The molecule has 1 aromatic rings. The summed E-state index contributed by atoms with van der Waals surface area (Å²) < 4.78 is 4.60. The van der Waals surface area contributed by atoms with Crippen LogP contribution in [0.5, 0.6) is 0 Å². The van der Waals surface area contributed by atoms with Gasteiger partial charge in [-0.2, -0.15) is 0 Å². The highest BCUT2D eigenvalue weighted by molar-refractivity contribution is 6.35. The summed E-state index contributed by atoms with van der Waals surface area (Å²) in [6.07, 6.45) is 0. The number of hydrogen-bond donors (Lipinski definition) is 0. The van der Waals surface area contributed by atoms with Crippen LogP contribution in [0.2, 0.25) is 5.02 Å². The molecule has 0 atom stereocenters. The van der Waals surface area contributed by atoms with E-state index in [4.69, 9.17) is 11.6 Å². The molecular weight excluding hydrogens is 268 g/mol. The zero-order valence-electron chi connectivity index (χ0n) is 9.08. The van der Waals surface area contributed by atoms with Crippen LogP contribution in [0.4, 0.5) is 11.4 Å². The number of carbonyl (C=O) groups is 1. The van der Waals surface area contributed by atoms with E-state index in [0.29, 0.717) is 0 Å². The van der Waals surface area contributed by atoms with Crippen molar-refractivity contribution in [1.82, 2.24) is 0 Å². The molecule has 0 aromatic heterocycles. The van der Waals surface area contributed by atoms with Crippen LogP contribution in [0.25, 0.3) is 0 Å². The number of hydrogen-bond acceptors (Lipinski definition) is 6. The quantitative estimate of drug-likeness (QED) is 0.473. The smallest absolute Gasteiger partial charge is 0.345 e. The molecule has 0 bridgehead atoms. The fourth-order valence-corrected chi connectivity index (χ4v) is 1.55. The molecule has 0 aliphatic rings. The predicted octanol–water partition coefficient (Wildman–Crippen LogP) is 2.33. The number of ether oxygens (including phenoxy) is 1. The van der Waals surface area contributed by atoms with E-state index in [1.165, 1.54) is 6.92 Å². The first-order chi connectivity index (χ1) is 8.40. The van der Waals surface area contributed by atoms with Gasteiger partial charge < -0.3 is 4.74 Å². The van der Waals surface area contributed by atoms with Crippen molar-refractivity contribution in [2.75, 3.05) is 6.61 Å². The van der Waals surface area contributed by atoms with Gasteiger partial charge in [0.25, 0.3) is 5.69 Å². The van der Waals surface area contributed by atoms with Gasteiger partial charge in [0.15, 0.2) is 5.02 Å². The first-order valence-corrected chi connectivity index (χ1v) is 5.06. The van der Waals surface area contributed by atoms with E-state index in [1.807, 2.05) is 0 Å². The van der Waals surface area contributed by atoms with E-state index in [9.17, 15) is 25.0 Å². The van der Waals surface area contributed by atoms with E-state index < -0.39 is 37.8 Å². The molecule has 0 spiro atoms. The Kier molecular flexibility index (Phi) is 4.16. The average Bonchev–Trinajstić information content (AvgIpc) is 2.27.